The molecule has 12 heteroatoms. The van der Waals surface area contributed by atoms with Crippen molar-refractivity contribution < 1.29 is 22.5 Å². The van der Waals surface area contributed by atoms with E-state index in [4.69, 9.17) is 4.74 Å². The van der Waals surface area contributed by atoms with Crippen molar-refractivity contribution in [2.75, 3.05) is 62.7 Å². The maximum Gasteiger partial charge on any atom is 0.421 e. The molecule has 0 saturated carbocycles. The van der Waals surface area contributed by atoms with Crippen LogP contribution in [-0.4, -0.2) is 68.0 Å². The monoisotopic (exact) mass is 574 g/mol. The van der Waals surface area contributed by atoms with E-state index in [9.17, 15) is 17.7 Å². The van der Waals surface area contributed by atoms with E-state index in [2.05, 4.69) is 44.5 Å². The van der Waals surface area contributed by atoms with E-state index in [1.807, 2.05) is 12.1 Å². The molecular formula is C28H34F3N6O2P. The van der Waals surface area contributed by atoms with Gasteiger partial charge in [0.2, 0.25) is 5.95 Å². The SMILES string of the molecule is CN(C)C1CCN(c2ccc(Nc3ncc(C(F)(F)F)c(Nc4ccccc4P(C)(C)=O)n3)c3c2CCO3)CC1. The van der Waals surface area contributed by atoms with Crippen LogP contribution in [0.4, 0.5) is 42.0 Å². The minimum absolute atomic E-state index is 0.0126. The van der Waals surface area contributed by atoms with Crippen molar-refractivity contribution in [3.8, 4) is 5.75 Å². The van der Waals surface area contributed by atoms with Crippen molar-refractivity contribution in [1.29, 1.82) is 0 Å². The fraction of sp³-hybridized carbons (Fsp3) is 0.429. The molecule has 2 aliphatic rings. The Bertz CT molecular complexity index is 1430. The summed E-state index contributed by atoms with van der Waals surface area (Å²) in [6.07, 6.45) is -1.04. The molecule has 2 aromatic carbocycles. The van der Waals surface area contributed by atoms with E-state index >= 15 is 0 Å². The molecule has 2 aliphatic heterocycles. The van der Waals surface area contributed by atoms with E-state index in [1.54, 1.807) is 37.6 Å². The average Bonchev–Trinajstić information content (AvgIpc) is 3.39. The van der Waals surface area contributed by atoms with Crippen LogP contribution in [0.15, 0.2) is 42.6 Å². The van der Waals surface area contributed by atoms with Crippen molar-refractivity contribution in [2.24, 2.45) is 0 Å². The number of aromatic nitrogens is 2. The summed E-state index contributed by atoms with van der Waals surface area (Å²) in [5.74, 6) is 0.235. The summed E-state index contributed by atoms with van der Waals surface area (Å²) < 4.78 is 60.4. The molecule has 0 spiro atoms. The van der Waals surface area contributed by atoms with Crippen LogP contribution in [0.25, 0.3) is 0 Å². The Morgan fingerprint density at radius 1 is 1.05 bits per heavy atom. The first-order chi connectivity index (χ1) is 18.9. The molecule has 3 heterocycles. The van der Waals surface area contributed by atoms with Gasteiger partial charge in [-0.3, -0.25) is 0 Å². The van der Waals surface area contributed by atoms with Crippen molar-refractivity contribution in [1.82, 2.24) is 14.9 Å². The molecule has 40 heavy (non-hydrogen) atoms. The van der Waals surface area contributed by atoms with Crippen LogP contribution >= 0.6 is 7.14 Å². The number of fused-ring (bicyclic) bond motifs is 1. The Hall–Kier alpha value is -3.30. The largest absolute Gasteiger partial charge is 0.491 e. The van der Waals surface area contributed by atoms with Crippen LogP contribution in [0.3, 0.4) is 0 Å². The topological polar surface area (TPSA) is 82.6 Å². The van der Waals surface area contributed by atoms with E-state index in [-0.39, 0.29) is 5.95 Å². The number of alkyl halides is 3. The number of anilines is 5. The van der Waals surface area contributed by atoms with Crippen molar-refractivity contribution in [3.05, 3.63) is 53.7 Å². The number of nitrogens with zero attached hydrogens (tertiary/aromatic N) is 4. The lowest BCUT2D eigenvalue weighted by Crippen LogP contribution is -2.42. The van der Waals surface area contributed by atoms with Gasteiger partial charge in [0.1, 0.15) is 24.3 Å². The van der Waals surface area contributed by atoms with Gasteiger partial charge in [-0.15, -0.1) is 0 Å². The molecular weight excluding hydrogens is 540 g/mol. The van der Waals surface area contributed by atoms with Gasteiger partial charge in [-0.1, -0.05) is 12.1 Å². The summed E-state index contributed by atoms with van der Waals surface area (Å²) in [6.45, 7) is 5.56. The van der Waals surface area contributed by atoms with Crippen molar-refractivity contribution in [2.45, 2.75) is 31.5 Å². The van der Waals surface area contributed by atoms with Gasteiger partial charge in [0.15, 0.2) is 0 Å². The van der Waals surface area contributed by atoms with E-state index in [1.165, 1.54) is 0 Å². The number of halogens is 3. The molecule has 8 nitrogen and oxygen atoms in total. The summed E-state index contributed by atoms with van der Waals surface area (Å²) in [4.78, 5) is 12.8. The number of hydrogen-bond acceptors (Lipinski definition) is 8. The normalized spacial score (nSPS) is 16.1. The maximum absolute atomic E-state index is 13.9. The molecule has 1 aromatic heterocycles. The Labute approximate surface area is 232 Å². The highest BCUT2D eigenvalue weighted by Gasteiger charge is 2.36. The van der Waals surface area contributed by atoms with Crippen molar-refractivity contribution in [3.63, 3.8) is 0 Å². The second-order valence-corrected chi connectivity index (χ2v) is 14.0. The first kappa shape index (κ1) is 28.2. The zero-order valence-electron chi connectivity index (χ0n) is 23.0. The molecule has 0 unspecified atom stereocenters. The number of para-hydroxylation sites is 1. The number of piperidine rings is 1. The number of nitrogens with one attached hydrogen (secondary N) is 2. The smallest absolute Gasteiger partial charge is 0.421 e. The van der Waals surface area contributed by atoms with Gasteiger partial charge in [-0.2, -0.15) is 18.2 Å². The highest BCUT2D eigenvalue weighted by Crippen LogP contribution is 2.43. The molecule has 0 atom stereocenters. The lowest BCUT2D eigenvalue weighted by atomic mass is 10.0. The number of ether oxygens (including phenoxy) is 1. The first-order valence-electron chi connectivity index (χ1n) is 13.2. The van der Waals surface area contributed by atoms with Crippen LogP contribution in [0.5, 0.6) is 5.75 Å². The quantitative estimate of drug-likeness (QED) is 0.348. The summed E-state index contributed by atoms with van der Waals surface area (Å²) in [6, 6.07) is 11.1. The average molecular weight is 575 g/mol. The summed E-state index contributed by atoms with van der Waals surface area (Å²) in [5.41, 5.74) is 2.09. The maximum atomic E-state index is 13.9. The lowest BCUT2D eigenvalue weighted by Gasteiger charge is -2.37. The van der Waals surface area contributed by atoms with Gasteiger partial charge in [0.05, 0.1) is 18.0 Å². The fourth-order valence-electron chi connectivity index (χ4n) is 5.34. The van der Waals surface area contributed by atoms with E-state index in [0.29, 0.717) is 35.1 Å². The van der Waals surface area contributed by atoms with Crippen LogP contribution in [0, 0.1) is 0 Å². The Morgan fingerprint density at radius 2 is 1.77 bits per heavy atom. The van der Waals surface area contributed by atoms with Gasteiger partial charge >= 0.3 is 6.18 Å². The second-order valence-electron chi connectivity index (χ2n) is 10.8. The third-order valence-corrected chi connectivity index (χ3v) is 9.00. The van der Waals surface area contributed by atoms with E-state index in [0.717, 1.165) is 49.8 Å². The van der Waals surface area contributed by atoms with E-state index < -0.39 is 24.7 Å². The molecule has 0 bridgehead atoms. The Morgan fingerprint density at radius 3 is 2.45 bits per heavy atom. The summed E-state index contributed by atoms with van der Waals surface area (Å²) in [7, 11) is 1.45. The third kappa shape index (κ3) is 5.90. The van der Waals surface area contributed by atoms with Crippen LogP contribution in [0.2, 0.25) is 0 Å². The summed E-state index contributed by atoms with van der Waals surface area (Å²) >= 11 is 0. The summed E-state index contributed by atoms with van der Waals surface area (Å²) in [5, 5.41) is 6.28. The molecule has 2 N–H and O–H groups in total. The molecule has 3 aromatic rings. The van der Waals surface area contributed by atoms with Gasteiger partial charge in [0, 0.05) is 48.3 Å². The molecule has 0 radical (unpaired) electrons. The molecule has 1 fully saturated rings. The minimum atomic E-state index is -4.69. The molecule has 0 aliphatic carbocycles. The number of benzene rings is 2. The first-order valence-corrected chi connectivity index (χ1v) is 15.8. The second kappa shape index (κ2) is 10.9. The van der Waals surface area contributed by atoms with Gasteiger partial charge in [0.25, 0.3) is 0 Å². The highest BCUT2D eigenvalue weighted by atomic mass is 31.2. The predicted octanol–water partition coefficient (Wildman–Crippen LogP) is 5.70. The fourth-order valence-corrected chi connectivity index (χ4v) is 6.49. The number of hydrogen-bond donors (Lipinski definition) is 2. The molecule has 0 amide bonds. The molecule has 214 valence electrons. The zero-order valence-corrected chi connectivity index (χ0v) is 23.9. The highest BCUT2D eigenvalue weighted by molar-refractivity contribution is 7.70. The molecule has 5 rings (SSSR count). The standard InChI is InChI=1S/C28H34F3N6O2P/c1-36(2)18-11-14-37(15-12-18)23-10-9-22(25-19(23)13-16-39-25)34-27-32-17-20(28(29,30)31)26(35-27)33-21-7-5-6-8-24(21)40(3,4)38/h5-10,17-18H,11-16H2,1-4H3,(H2,32,33,34,35). The minimum Gasteiger partial charge on any atom is -0.491 e. The van der Waals surface area contributed by atoms with Gasteiger partial charge in [-0.25, -0.2) is 4.98 Å². The molecule has 1 saturated heterocycles. The van der Waals surface area contributed by atoms with Crippen LogP contribution in [0.1, 0.15) is 24.0 Å². The van der Waals surface area contributed by atoms with Crippen LogP contribution < -0.4 is 25.6 Å². The number of rotatable bonds is 7. The van der Waals surface area contributed by atoms with Crippen molar-refractivity contribution >= 4 is 41.3 Å². The Kier molecular flexibility index (Phi) is 7.72. The van der Waals surface area contributed by atoms with Crippen LogP contribution in [-0.2, 0) is 17.2 Å². The van der Waals surface area contributed by atoms with Gasteiger partial charge in [-0.05, 0) is 64.5 Å². The Balaban J connectivity index is 1.44. The predicted molar refractivity (Wildman–Crippen MR) is 154 cm³/mol. The van der Waals surface area contributed by atoms with Gasteiger partial charge < -0.3 is 29.7 Å². The third-order valence-electron chi connectivity index (χ3n) is 7.45. The zero-order chi connectivity index (χ0) is 28.7. The lowest BCUT2D eigenvalue weighted by molar-refractivity contribution is -0.137.